The highest BCUT2D eigenvalue weighted by Gasteiger charge is 2.15. The normalized spacial score (nSPS) is 11.4. The first-order chi connectivity index (χ1) is 12.9. The molecule has 0 aliphatic heterocycles. The molecule has 0 radical (unpaired) electrons. The van der Waals surface area contributed by atoms with E-state index in [1.165, 1.54) is 0 Å². The molecule has 0 aliphatic carbocycles. The van der Waals surface area contributed by atoms with Crippen LogP contribution in [0.15, 0.2) is 42.5 Å². The molecule has 0 spiro atoms. The molecule has 0 aromatic heterocycles. The molecule has 1 atom stereocenters. The Labute approximate surface area is 159 Å². The van der Waals surface area contributed by atoms with E-state index in [0.717, 1.165) is 11.1 Å². The summed E-state index contributed by atoms with van der Waals surface area (Å²) >= 11 is 0. The van der Waals surface area contributed by atoms with Crippen LogP contribution in [0.4, 0.5) is 0 Å². The predicted octanol–water partition coefficient (Wildman–Crippen LogP) is 3.01. The van der Waals surface area contributed by atoms with Gasteiger partial charge in [0.2, 0.25) is 5.91 Å². The van der Waals surface area contributed by atoms with Crippen LogP contribution < -0.4 is 20.1 Å². The molecule has 0 bridgehead atoms. The van der Waals surface area contributed by atoms with Crippen LogP contribution in [0.5, 0.6) is 11.5 Å². The van der Waals surface area contributed by atoms with Crippen molar-refractivity contribution < 1.29 is 19.1 Å². The average Bonchev–Trinajstić information content (AvgIpc) is 2.67. The average molecular weight is 370 g/mol. The molecule has 6 nitrogen and oxygen atoms in total. The second-order valence-electron chi connectivity index (χ2n) is 6.17. The van der Waals surface area contributed by atoms with Crippen molar-refractivity contribution in [3.05, 3.63) is 59.2 Å². The number of carbonyl (C=O) groups excluding carboxylic acids is 2. The van der Waals surface area contributed by atoms with Gasteiger partial charge in [-0.25, -0.2) is 0 Å². The van der Waals surface area contributed by atoms with Gasteiger partial charge in [0.05, 0.1) is 26.3 Å². The van der Waals surface area contributed by atoms with Crippen LogP contribution in [0, 0.1) is 6.92 Å². The highest BCUT2D eigenvalue weighted by atomic mass is 16.5. The Kier molecular flexibility index (Phi) is 7.23. The van der Waals surface area contributed by atoms with Crippen molar-refractivity contribution in [3.8, 4) is 11.5 Å². The summed E-state index contributed by atoms with van der Waals surface area (Å²) in [6, 6.07) is 12.3. The zero-order valence-electron chi connectivity index (χ0n) is 16.2. The maximum absolute atomic E-state index is 12.2. The summed E-state index contributed by atoms with van der Waals surface area (Å²) in [6.07, 6.45) is 0. The fraction of sp³-hybridized carbons (Fsp3) is 0.333. The van der Waals surface area contributed by atoms with Crippen LogP contribution in [-0.2, 0) is 4.79 Å². The maximum atomic E-state index is 12.2. The van der Waals surface area contributed by atoms with Crippen LogP contribution in [0.3, 0.4) is 0 Å². The number of methoxy groups -OCH3 is 1. The minimum Gasteiger partial charge on any atom is -0.496 e. The number of benzene rings is 2. The molecule has 2 N–H and O–H groups in total. The number of rotatable bonds is 8. The number of amides is 2. The first-order valence-electron chi connectivity index (χ1n) is 8.89. The summed E-state index contributed by atoms with van der Waals surface area (Å²) in [5.74, 6) is 0.832. The number of nitrogens with one attached hydrogen (secondary N) is 2. The second kappa shape index (κ2) is 9.62. The quantitative estimate of drug-likeness (QED) is 0.749. The lowest BCUT2D eigenvalue weighted by Gasteiger charge is -2.18. The van der Waals surface area contributed by atoms with Crippen LogP contribution in [0.1, 0.15) is 41.4 Å². The fourth-order valence-corrected chi connectivity index (χ4v) is 2.69. The molecule has 0 aliphatic rings. The van der Waals surface area contributed by atoms with E-state index < -0.39 is 0 Å². The van der Waals surface area contributed by atoms with Crippen LogP contribution >= 0.6 is 0 Å². The van der Waals surface area contributed by atoms with Gasteiger partial charge < -0.3 is 20.1 Å². The Bertz CT molecular complexity index is 787. The number of hydrogen-bond donors (Lipinski definition) is 2. The smallest absolute Gasteiger partial charge is 0.251 e. The summed E-state index contributed by atoms with van der Waals surface area (Å²) in [5.41, 5.74) is 2.44. The van der Waals surface area contributed by atoms with Crippen molar-refractivity contribution in [2.24, 2.45) is 0 Å². The zero-order valence-corrected chi connectivity index (χ0v) is 16.2. The highest BCUT2D eigenvalue weighted by molar-refractivity contribution is 5.96. The zero-order chi connectivity index (χ0) is 19.8. The van der Waals surface area contributed by atoms with E-state index in [1.54, 1.807) is 31.4 Å². The molecule has 2 amide bonds. The van der Waals surface area contributed by atoms with Gasteiger partial charge in [-0.3, -0.25) is 9.59 Å². The first-order valence-corrected chi connectivity index (χ1v) is 8.89. The Morgan fingerprint density at radius 2 is 1.81 bits per heavy atom. The number of carbonyl (C=O) groups is 2. The molecule has 2 aromatic rings. The van der Waals surface area contributed by atoms with Crippen molar-refractivity contribution in [2.75, 3.05) is 20.3 Å². The lowest BCUT2D eigenvalue weighted by Crippen LogP contribution is -2.38. The molecular formula is C21H26N2O4. The predicted molar refractivity (Wildman–Crippen MR) is 104 cm³/mol. The minimum atomic E-state index is -0.311. The van der Waals surface area contributed by atoms with E-state index in [1.807, 2.05) is 39.0 Å². The molecule has 0 saturated carbocycles. The van der Waals surface area contributed by atoms with Crippen molar-refractivity contribution in [3.63, 3.8) is 0 Å². The molecular weight excluding hydrogens is 344 g/mol. The van der Waals surface area contributed by atoms with Crippen LogP contribution in [0.2, 0.25) is 0 Å². The van der Waals surface area contributed by atoms with Gasteiger partial charge in [0.25, 0.3) is 5.91 Å². The van der Waals surface area contributed by atoms with E-state index in [9.17, 15) is 9.59 Å². The Morgan fingerprint density at radius 3 is 2.44 bits per heavy atom. The first kappa shape index (κ1) is 20.3. The summed E-state index contributed by atoms with van der Waals surface area (Å²) < 4.78 is 10.7. The Balaban J connectivity index is 1.90. The molecule has 27 heavy (non-hydrogen) atoms. The molecule has 0 saturated heterocycles. The van der Waals surface area contributed by atoms with Crippen molar-refractivity contribution in [1.29, 1.82) is 0 Å². The van der Waals surface area contributed by atoms with Crippen molar-refractivity contribution in [1.82, 2.24) is 10.6 Å². The number of hydrogen-bond acceptors (Lipinski definition) is 4. The minimum absolute atomic E-state index is 0.107. The van der Waals surface area contributed by atoms with Crippen molar-refractivity contribution >= 4 is 11.8 Å². The summed E-state index contributed by atoms with van der Waals surface area (Å²) in [5, 5.41) is 5.50. The molecule has 144 valence electrons. The maximum Gasteiger partial charge on any atom is 0.251 e. The van der Waals surface area contributed by atoms with Gasteiger partial charge in [0, 0.05) is 11.1 Å². The van der Waals surface area contributed by atoms with E-state index >= 15 is 0 Å². The number of ether oxygens (including phenoxy) is 2. The van der Waals surface area contributed by atoms with Gasteiger partial charge in [0.1, 0.15) is 11.5 Å². The molecule has 0 heterocycles. The molecule has 6 heteroatoms. The molecule has 2 aromatic carbocycles. The second-order valence-corrected chi connectivity index (χ2v) is 6.17. The Morgan fingerprint density at radius 1 is 1.11 bits per heavy atom. The topological polar surface area (TPSA) is 76.7 Å². The highest BCUT2D eigenvalue weighted by Crippen LogP contribution is 2.25. The van der Waals surface area contributed by atoms with E-state index in [2.05, 4.69) is 10.6 Å². The molecule has 0 fully saturated rings. The van der Waals surface area contributed by atoms with Gasteiger partial charge in [-0.05, 0) is 51.1 Å². The summed E-state index contributed by atoms with van der Waals surface area (Å²) in [7, 11) is 1.60. The SMILES string of the molecule is CCOc1ccc(C(=O)NCC(=O)NC(C)c2cc(C)ccc2OC)cc1. The standard InChI is InChI=1S/C21H26N2O4/c1-5-27-17-9-7-16(8-10-17)21(25)22-13-20(24)23-15(3)18-12-14(2)6-11-19(18)26-4/h6-12,15H,5,13H2,1-4H3,(H,22,25)(H,23,24). The lowest BCUT2D eigenvalue weighted by atomic mass is 10.0. The lowest BCUT2D eigenvalue weighted by molar-refractivity contribution is -0.120. The van der Waals surface area contributed by atoms with Crippen LogP contribution in [0.25, 0.3) is 0 Å². The summed E-state index contributed by atoms with van der Waals surface area (Å²) in [6.45, 7) is 6.21. The largest absolute Gasteiger partial charge is 0.496 e. The van der Waals surface area contributed by atoms with E-state index in [-0.39, 0.29) is 24.4 Å². The van der Waals surface area contributed by atoms with E-state index in [4.69, 9.17) is 9.47 Å². The van der Waals surface area contributed by atoms with Gasteiger partial charge in [0.15, 0.2) is 0 Å². The van der Waals surface area contributed by atoms with Gasteiger partial charge in [-0.1, -0.05) is 17.7 Å². The Hall–Kier alpha value is -3.02. The van der Waals surface area contributed by atoms with Gasteiger partial charge in [-0.2, -0.15) is 0 Å². The van der Waals surface area contributed by atoms with Crippen molar-refractivity contribution in [2.45, 2.75) is 26.8 Å². The third-order valence-corrected chi connectivity index (χ3v) is 4.07. The third kappa shape index (κ3) is 5.74. The van der Waals surface area contributed by atoms with Gasteiger partial charge in [-0.15, -0.1) is 0 Å². The fourth-order valence-electron chi connectivity index (χ4n) is 2.69. The monoisotopic (exact) mass is 370 g/mol. The molecule has 1 unspecified atom stereocenters. The van der Waals surface area contributed by atoms with E-state index in [0.29, 0.717) is 23.7 Å². The number of aryl methyl sites for hydroxylation is 1. The molecule has 2 rings (SSSR count). The van der Waals surface area contributed by atoms with Gasteiger partial charge >= 0.3 is 0 Å². The third-order valence-electron chi connectivity index (χ3n) is 4.07. The van der Waals surface area contributed by atoms with Crippen LogP contribution in [-0.4, -0.2) is 32.1 Å². The summed E-state index contributed by atoms with van der Waals surface area (Å²) in [4.78, 5) is 24.4.